The number of hydrogen-bond donors (Lipinski definition) is 1. The molecule has 0 aliphatic carbocycles. The maximum atomic E-state index is 11.9. The summed E-state index contributed by atoms with van der Waals surface area (Å²) < 4.78 is 23.1. The molecule has 0 amide bonds. The van der Waals surface area contributed by atoms with Crippen molar-refractivity contribution < 1.29 is 28.5 Å². The number of hydrogen-bond acceptors (Lipinski definition) is 12. The molecule has 17 heteroatoms. The summed E-state index contributed by atoms with van der Waals surface area (Å²) in [6, 6.07) is 0.00604. The fraction of sp³-hybridized carbons (Fsp3) is 0.600. The first-order chi connectivity index (χ1) is 17.8. The molecular formula is C20H29IN8O8. The Hall–Kier alpha value is -3.19. The van der Waals surface area contributed by atoms with Gasteiger partial charge in [-0.1, -0.05) is 22.6 Å². The molecule has 0 aromatic carbocycles. The van der Waals surface area contributed by atoms with Crippen molar-refractivity contribution in [3.8, 4) is 0 Å². The van der Waals surface area contributed by atoms with E-state index in [-0.39, 0.29) is 11.7 Å². The molecule has 2 aliphatic heterocycles. The summed E-state index contributed by atoms with van der Waals surface area (Å²) in [6.07, 6.45) is 8.53. The molecule has 0 atom stereocenters. The molecule has 2 aliphatic rings. The zero-order chi connectivity index (χ0) is 27.0. The summed E-state index contributed by atoms with van der Waals surface area (Å²) in [7, 11) is 2.49. The fourth-order valence-electron chi connectivity index (χ4n) is 2.89. The van der Waals surface area contributed by atoms with Crippen LogP contribution in [0.4, 0.5) is 0 Å². The van der Waals surface area contributed by atoms with Gasteiger partial charge in [-0.3, -0.25) is 0 Å². The van der Waals surface area contributed by atoms with E-state index < -0.39 is 17.6 Å². The van der Waals surface area contributed by atoms with Gasteiger partial charge in [0.25, 0.3) is 0 Å². The number of rotatable bonds is 5. The second-order valence-corrected chi connectivity index (χ2v) is 9.17. The van der Waals surface area contributed by atoms with Gasteiger partial charge in [-0.05, 0) is 46.5 Å². The fourth-order valence-corrected chi connectivity index (χ4v) is 3.40. The Morgan fingerprint density at radius 3 is 1.89 bits per heavy atom. The molecule has 0 spiro atoms. The van der Waals surface area contributed by atoms with E-state index in [4.69, 9.17) is 9.47 Å². The van der Waals surface area contributed by atoms with Crippen LogP contribution in [0, 0.1) is 0 Å². The minimum Gasteiger partial charge on any atom is -0.466 e. The Labute approximate surface area is 224 Å². The molecule has 16 nitrogen and oxygen atoms in total. The average Bonchev–Trinajstić information content (AvgIpc) is 3.51. The predicted octanol–water partition coefficient (Wildman–Crippen LogP) is -0.354. The number of ether oxygens (including phenoxy) is 4. The zero-order valence-electron chi connectivity index (χ0n) is 20.4. The topological polar surface area (TPSA) is 187 Å². The summed E-state index contributed by atoms with van der Waals surface area (Å²) in [5.74, 6) is -1.12. The third-order valence-electron chi connectivity index (χ3n) is 4.91. The molecule has 0 unspecified atom stereocenters. The Morgan fingerprint density at radius 1 is 0.892 bits per heavy atom. The van der Waals surface area contributed by atoms with Crippen molar-refractivity contribution in [2.75, 3.05) is 40.6 Å². The molecule has 0 bridgehead atoms. The molecule has 0 saturated carbocycles. The number of halogens is 1. The van der Waals surface area contributed by atoms with Crippen LogP contribution >= 0.6 is 22.6 Å². The van der Waals surface area contributed by atoms with E-state index in [0.717, 1.165) is 57.7 Å². The van der Waals surface area contributed by atoms with Crippen molar-refractivity contribution in [1.82, 2.24) is 40.0 Å². The van der Waals surface area contributed by atoms with E-state index in [9.17, 15) is 19.2 Å². The van der Waals surface area contributed by atoms with Gasteiger partial charge >= 0.3 is 23.3 Å². The smallest absolute Gasteiger partial charge is 0.368 e. The van der Waals surface area contributed by atoms with Crippen molar-refractivity contribution in [2.24, 2.45) is 0 Å². The Kier molecular flexibility index (Phi) is 13.4. The molecule has 4 heterocycles. The number of alkyl halides is 1. The van der Waals surface area contributed by atoms with E-state index in [0.29, 0.717) is 13.2 Å². The van der Waals surface area contributed by atoms with Gasteiger partial charge in [-0.15, -0.1) is 0 Å². The summed E-state index contributed by atoms with van der Waals surface area (Å²) in [5.41, 5.74) is -0.891. The van der Waals surface area contributed by atoms with Gasteiger partial charge in [-0.25, -0.2) is 24.3 Å². The van der Waals surface area contributed by atoms with Crippen LogP contribution in [0.2, 0.25) is 0 Å². The Morgan fingerprint density at radius 2 is 1.43 bits per heavy atom. The number of nitrogens with one attached hydrogen (secondary N) is 1. The molecule has 2 fully saturated rings. The van der Waals surface area contributed by atoms with Gasteiger partial charge in [-0.2, -0.15) is 14.0 Å². The summed E-state index contributed by atoms with van der Waals surface area (Å²) in [6.45, 7) is 3.19. The molecule has 37 heavy (non-hydrogen) atoms. The quantitative estimate of drug-likeness (QED) is 0.195. The maximum Gasteiger partial charge on any atom is 0.368 e. The lowest BCUT2D eigenvalue weighted by molar-refractivity contribution is -0.135. The molecule has 0 radical (unpaired) electrons. The monoisotopic (exact) mass is 636 g/mol. The largest absolute Gasteiger partial charge is 0.466 e. The maximum absolute atomic E-state index is 11.9. The second kappa shape index (κ2) is 16.5. The number of esters is 2. The van der Waals surface area contributed by atoms with Gasteiger partial charge < -0.3 is 18.9 Å². The number of nitrogens with zero attached hydrogens (tertiary/aromatic N) is 7. The lowest BCUT2D eigenvalue weighted by Crippen LogP contribution is -2.30. The molecular weight excluding hydrogens is 607 g/mol. The number of aromatic nitrogens is 8. The van der Waals surface area contributed by atoms with Crippen molar-refractivity contribution in [2.45, 2.75) is 35.6 Å². The van der Waals surface area contributed by atoms with Crippen molar-refractivity contribution >= 4 is 46.9 Å². The summed E-state index contributed by atoms with van der Waals surface area (Å²) in [5, 5.41) is 16.1. The van der Waals surface area contributed by atoms with Crippen molar-refractivity contribution in [1.29, 1.82) is 0 Å². The van der Waals surface area contributed by atoms with Crippen LogP contribution in [0.25, 0.3) is 12.4 Å². The van der Waals surface area contributed by atoms with Crippen LogP contribution in [0.3, 0.4) is 0 Å². The van der Waals surface area contributed by atoms with E-state index in [1.165, 1.54) is 37.9 Å². The lowest BCUT2D eigenvalue weighted by Gasteiger charge is -2.20. The number of methoxy groups -OCH3 is 2. The van der Waals surface area contributed by atoms with Crippen LogP contribution in [0.1, 0.15) is 31.7 Å². The predicted molar refractivity (Wildman–Crippen MR) is 137 cm³/mol. The van der Waals surface area contributed by atoms with Gasteiger partial charge in [0, 0.05) is 54.9 Å². The lowest BCUT2D eigenvalue weighted by atomic mass is 10.1. The highest BCUT2D eigenvalue weighted by Gasteiger charge is 2.20. The molecule has 2 aromatic rings. The third kappa shape index (κ3) is 10.8. The van der Waals surface area contributed by atoms with E-state index >= 15 is 0 Å². The SMILES string of the molecule is COC(=O)/C=C/n1nn[nH]c1=O.COC(=O)/C=C/n1nnn(C2CCOCC2)c1=O.IC1CCOCC1. The molecule has 2 saturated heterocycles. The Bertz CT molecular complexity index is 1140. The van der Waals surface area contributed by atoms with Crippen LogP contribution in [0.15, 0.2) is 21.7 Å². The number of tetrazole rings is 2. The van der Waals surface area contributed by atoms with Gasteiger partial charge in [0.05, 0.1) is 20.3 Å². The first-order valence-corrected chi connectivity index (χ1v) is 12.5. The summed E-state index contributed by atoms with van der Waals surface area (Å²) >= 11 is 2.48. The van der Waals surface area contributed by atoms with E-state index in [2.05, 4.69) is 58.0 Å². The van der Waals surface area contributed by atoms with Crippen LogP contribution in [-0.4, -0.2) is 96.5 Å². The number of carbonyl (C=O) groups is 2. The number of aromatic amines is 1. The molecule has 1 N–H and O–H groups in total. The standard InChI is InChI=1S/C10H14N4O4.C5H9IO.C5H6N4O3/c1-17-9(15)2-5-13-10(16)14(12-11-13)8-3-6-18-7-4-8;6-5-1-3-7-4-2-5;1-12-4(10)2-3-9-5(11)6-7-8-9/h2,5,8H,3-4,6-7H2,1H3;5H,1-4H2;2-3H,1H3,(H,6,8,11)/b5-2+;;3-2+. The first kappa shape index (κ1) is 30.0. The average molecular weight is 636 g/mol. The Balaban J connectivity index is 0.000000217. The first-order valence-electron chi connectivity index (χ1n) is 11.2. The van der Waals surface area contributed by atoms with Crippen molar-refractivity contribution in [3.05, 3.63) is 33.1 Å². The van der Waals surface area contributed by atoms with Crippen LogP contribution in [-0.2, 0) is 28.5 Å². The van der Waals surface area contributed by atoms with Gasteiger partial charge in [0.2, 0.25) is 0 Å². The molecule has 2 aromatic heterocycles. The van der Waals surface area contributed by atoms with Crippen LogP contribution < -0.4 is 11.4 Å². The third-order valence-corrected chi connectivity index (χ3v) is 6.16. The van der Waals surface area contributed by atoms with E-state index in [1.54, 1.807) is 0 Å². The van der Waals surface area contributed by atoms with Crippen molar-refractivity contribution in [3.63, 3.8) is 0 Å². The second-order valence-electron chi connectivity index (χ2n) is 7.41. The number of H-pyrrole nitrogens is 1. The van der Waals surface area contributed by atoms with Gasteiger partial charge in [0.1, 0.15) is 0 Å². The highest BCUT2D eigenvalue weighted by molar-refractivity contribution is 14.1. The molecule has 204 valence electrons. The van der Waals surface area contributed by atoms with Gasteiger partial charge in [0.15, 0.2) is 0 Å². The number of carbonyl (C=O) groups excluding carboxylic acids is 2. The minimum absolute atomic E-state index is 0.00604. The summed E-state index contributed by atoms with van der Waals surface area (Å²) in [4.78, 5) is 44.1. The minimum atomic E-state index is -0.565. The highest BCUT2D eigenvalue weighted by Crippen LogP contribution is 2.17. The van der Waals surface area contributed by atoms with E-state index in [1.807, 2.05) is 0 Å². The molecule has 4 rings (SSSR count). The zero-order valence-corrected chi connectivity index (χ0v) is 22.6. The normalized spacial score (nSPS) is 16.5. The van der Waals surface area contributed by atoms with Crippen LogP contribution in [0.5, 0.6) is 0 Å². The highest BCUT2D eigenvalue weighted by atomic mass is 127.